The molecule has 0 aromatic heterocycles. The van der Waals surface area contributed by atoms with Crippen molar-refractivity contribution in [2.75, 3.05) is 13.1 Å². The van der Waals surface area contributed by atoms with Crippen molar-refractivity contribution in [3.8, 4) is 0 Å². The molecule has 0 spiro atoms. The minimum atomic E-state index is 0. The van der Waals surface area contributed by atoms with Crippen molar-refractivity contribution in [2.45, 2.75) is 32.2 Å². The molecule has 0 amide bonds. The van der Waals surface area contributed by atoms with Crippen molar-refractivity contribution in [1.82, 2.24) is 4.90 Å². The molecular weight excluding hydrogens is 358 g/mol. The number of rotatable bonds is 0. The van der Waals surface area contributed by atoms with E-state index >= 15 is 0 Å². The summed E-state index contributed by atoms with van der Waals surface area (Å²) in [5.74, 6) is 1.09. The molecule has 0 aliphatic carbocycles. The SMILES string of the molecule is Br.CC1CC2CCN1CC2.c1ccc2cc3ccccc3cc2c1. The van der Waals surface area contributed by atoms with Crippen LogP contribution in [-0.2, 0) is 0 Å². The van der Waals surface area contributed by atoms with Crippen molar-refractivity contribution in [3.05, 3.63) is 60.7 Å². The Bertz CT molecular complexity index is 700. The van der Waals surface area contributed by atoms with Gasteiger partial charge in [0.2, 0.25) is 0 Å². The Morgan fingerprint density at radius 1 is 0.750 bits per heavy atom. The van der Waals surface area contributed by atoms with Crippen LogP contribution in [0.2, 0.25) is 0 Å². The van der Waals surface area contributed by atoms with E-state index in [1.807, 2.05) is 0 Å². The van der Waals surface area contributed by atoms with Gasteiger partial charge in [0.15, 0.2) is 0 Å². The van der Waals surface area contributed by atoms with Gasteiger partial charge in [-0.1, -0.05) is 48.5 Å². The highest BCUT2D eigenvalue weighted by atomic mass is 79.9. The maximum atomic E-state index is 2.62. The molecule has 0 radical (unpaired) electrons. The van der Waals surface area contributed by atoms with Gasteiger partial charge in [-0.25, -0.2) is 0 Å². The summed E-state index contributed by atoms with van der Waals surface area (Å²) in [6.07, 6.45) is 4.43. The number of piperidine rings is 3. The van der Waals surface area contributed by atoms with E-state index in [0.29, 0.717) is 0 Å². The molecule has 2 heteroatoms. The van der Waals surface area contributed by atoms with Crippen LogP contribution in [-0.4, -0.2) is 24.0 Å². The van der Waals surface area contributed by atoms with Crippen molar-refractivity contribution in [3.63, 3.8) is 0 Å². The molecule has 6 rings (SSSR count). The van der Waals surface area contributed by atoms with E-state index in [9.17, 15) is 0 Å². The lowest BCUT2D eigenvalue weighted by Gasteiger charge is -2.43. The monoisotopic (exact) mass is 383 g/mol. The third-order valence-corrected chi connectivity index (χ3v) is 5.56. The Balaban J connectivity index is 0.000000147. The lowest BCUT2D eigenvalue weighted by Crippen LogP contribution is -2.46. The summed E-state index contributed by atoms with van der Waals surface area (Å²) in [7, 11) is 0. The first kappa shape index (κ1) is 17.4. The summed E-state index contributed by atoms with van der Waals surface area (Å²) < 4.78 is 0. The highest BCUT2D eigenvalue weighted by Gasteiger charge is 2.30. The smallest absolute Gasteiger partial charge is 0.00695 e. The molecular formula is C22H26BrN. The first-order chi connectivity index (χ1) is 11.3. The Hall–Kier alpha value is -1.38. The zero-order valence-corrected chi connectivity index (χ0v) is 16.0. The van der Waals surface area contributed by atoms with Crippen LogP contribution in [0.3, 0.4) is 0 Å². The largest absolute Gasteiger partial charge is 0.301 e. The standard InChI is InChI=1S/C14H10.C8H15N.BrH/c1-2-6-12-10-14-8-4-3-7-13(14)9-11(12)5-1;1-7-6-8-2-4-9(7)5-3-8;/h1-10H;7-8H,2-6H2,1H3;1H. The van der Waals surface area contributed by atoms with E-state index in [2.05, 4.69) is 72.5 Å². The van der Waals surface area contributed by atoms with Gasteiger partial charge in [0.1, 0.15) is 0 Å². The molecule has 3 fully saturated rings. The van der Waals surface area contributed by atoms with Crippen LogP contribution in [0.4, 0.5) is 0 Å². The van der Waals surface area contributed by atoms with Crippen LogP contribution in [0.5, 0.6) is 0 Å². The number of hydrogen-bond donors (Lipinski definition) is 0. The number of halogens is 1. The second kappa shape index (κ2) is 7.67. The van der Waals surface area contributed by atoms with Gasteiger partial charge in [-0.15, -0.1) is 17.0 Å². The molecule has 3 aromatic rings. The van der Waals surface area contributed by atoms with Gasteiger partial charge in [0, 0.05) is 6.04 Å². The van der Waals surface area contributed by atoms with Crippen LogP contribution < -0.4 is 0 Å². The number of fused-ring (bicyclic) bond motifs is 5. The lowest BCUT2D eigenvalue weighted by molar-refractivity contribution is 0.0594. The van der Waals surface area contributed by atoms with E-state index in [1.54, 1.807) is 0 Å². The van der Waals surface area contributed by atoms with E-state index in [-0.39, 0.29) is 17.0 Å². The van der Waals surface area contributed by atoms with Gasteiger partial charge in [-0.3, -0.25) is 0 Å². The van der Waals surface area contributed by atoms with Crippen LogP contribution in [0.25, 0.3) is 21.5 Å². The summed E-state index contributed by atoms with van der Waals surface area (Å²) in [4.78, 5) is 2.62. The van der Waals surface area contributed by atoms with Crippen LogP contribution in [0, 0.1) is 5.92 Å². The van der Waals surface area contributed by atoms with Gasteiger partial charge in [-0.05, 0) is 78.9 Å². The molecule has 3 aromatic carbocycles. The normalized spacial score (nSPS) is 25.0. The fraction of sp³-hybridized carbons (Fsp3) is 0.364. The first-order valence-electron chi connectivity index (χ1n) is 8.91. The Kier molecular flexibility index (Phi) is 5.57. The third-order valence-electron chi connectivity index (χ3n) is 5.56. The van der Waals surface area contributed by atoms with Gasteiger partial charge in [-0.2, -0.15) is 0 Å². The van der Waals surface area contributed by atoms with Crippen LogP contribution in [0.15, 0.2) is 60.7 Å². The summed E-state index contributed by atoms with van der Waals surface area (Å²) in [5, 5.41) is 5.25. The van der Waals surface area contributed by atoms with Crippen molar-refractivity contribution >= 4 is 38.5 Å². The minimum absolute atomic E-state index is 0. The number of hydrogen-bond acceptors (Lipinski definition) is 1. The Morgan fingerprint density at radius 3 is 1.42 bits per heavy atom. The lowest BCUT2D eigenvalue weighted by atomic mass is 9.84. The van der Waals surface area contributed by atoms with Gasteiger partial charge < -0.3 is 4.90 Å². The van der Waals surface area contributed by atoms with E-state index in [0.717, 1.165) is 12.0 Å². The average Bonchev–Trinajstić information content (AvgIpc) is 2.61. The molecule has 1 nitrogen and oxygen atoms in total. The molecule has 3 aliphatic heterocycles. The van der Waals surface area contributed by atoms with E-state index < -0.39 is 0 Å². The Morgan fingerprint density at radius 2 is 1.17 bits per heavy atom. The molecule has 1 unspecified atom stereocenters. The maximum Gasteiger partial charge on any atom is 0.00695 e. The summed E-state index contributed by atoms with van der Waals surface area (Å²) >= 11 is 0. The summed E-state index contributed by atoms with van der Waals surface area (Å²) in [5.41, 5.74) is 0. The molecule has 2 bridgehead atoms. The minimum Gasteiger partial charge on any atom is -0.301 e. The second-order valence-corrected chi connectivity index (χ2v) is 7.11. The molecule has 126 valence electrons. The highest BCUT2D eigenvalue weighted by Crippen LogP contribution is 2.31. The molecule has 3 heterocycles. The average molecular weight is 384 g/mol. The zero-order valence-electron chi connectivity index (χ0n) is 14.3. The molecule has 1 atom stereocenters. The zero-order chi connectivity index (χ0) is 15.6. The van der Waals surface area contributed by atoms with Crippen molar-refractivity contribution in [2.24, 2.45) is 5.92 Å². The van der Waals surface area contributed by atoms with Gasteiger partial charge in [0.05, 0.1) is 0 Å². The summed E-state index contributed by atoms with van der Waals surface area (Å²) in [6.45, 7) is 5.13. The summed E-state index contributed by atoms with van der Waals surface area (Å²) in [6, 6.07) is 22.3. The Labute approximate surface area is 155 Å². The molecule has 24 heavy (non-hydrogen) atoms. The molecule has 0 N–H and O–H groups in total. The quantitative estimate of drug-likeness (QED) is 0.426. The van der Waals surface area contributed by atoms with Crippen molar-refractivity contribution < 1.29 is 0 Å². The highest BCUT2D eigenvalue weighted by molar-refractivity contribution is 8.93. The first-order valence-corrected chi connectivity index (χ1v) is 8.91. The predicted molar refractivity (Wildman–Crippen MR) is 110 cm³/mol. The van der Waals surface area contributed by atoms with Gasteiger partial charge >= 0.3 is 0 Å². The third kappa shape index (κ3) is 3.65. The van der Waals surface area contributed by atoms with Gasteiger partial charge in [0.25, 0.3) is 0 Å². The topological polar surface area (TPSA) is 3.24 Å². The van der Waals surface area contributed by atoms with Crippen LogP contribution in [0.1, 0.15) is 26.2 Å². The van der Waals surface area contributed by atoms with E-state index in [4.69, 9.17) is 0 Å². The van der Waals surface area contributed by atoms with Crippen LogP contribution >= 0.6 is 17.0 Å². The predicted octanol–water partition coefficient (Wildman–Crippen LogP) is 6.06. The fourth-order valence-electron chi connectivity index (χ4n) is 4.14. The van der Waals surface area contributed by atoms with E-state index in [1.165, 1.54) is 53.9 Å². The van der Waals surface area contributed by atoms with Crippen molar-refractivity contribution in [1.29, 1.82) is 0 Å². The molecule has 3 saturated heterocycles. The maximum absolute atomic E-state index is 2.62. The number of nitrogens with zero attached hydrogens (tertiary/aromatic N) is 1. The number of benzene rings is 3. The molecule has 3 aliphatic rings. The fourth-order valence-corrected chi connectivity index (χ4v) is 4.14. The second-order valence-electron chi connectivity index (χ2n) is 7.11. The molecule has 0 saturated carbocycles.